The lowest BCUT2D eigenvalue weighted by Gasteiger charge is -2.03. The minimum absolute atomic E-state index is 0.0663. The van der Waals surface area contributed by atoms with E-state index in [9.17, 15) is 0 Å². The molecule has 0 saturated heterocycles. The van der Waals surface area contributed by atoms with Gasteiger partial charge < -0.3 is 14.3 Å². The van der Waals surface area contributed by atoms with Gasteiger partial charge in [-0.2, -0.15) is 4.98 Å². The molecule has 84 valence electrons. The fourth-order valence-electron chi connectivity index (χ4n) is 1.19. The Morgan fingerprint density at radius 3 is 3.00 bits per heavy atom. The molecule has 0 unspecified atom stereocenters. The molecule has 0 atom stereocenters. The molecule has 0 aliphatic heterocycles. The first-order valence-corrected chi connectivity index (χ1v) is 5.06. The normalized spacial score (nSPS) is 10.4. The molecule has 1 heterocycles. The molecule has 2 aromatic rings. The van der Waals surface area contributed by atoms with E-state index in [1.165, 1.54) is 6.26 Å². The van der Waals surface area contributed by atoms with Gasteiger partial charge >= 0.3 is 6.08 Å². The molecule has 5 heteroatoms. The summed E-state index contributed by atoms with van der Waals surface area (Å²) >= 11 is 5.94. The zero-order valence-corrected chi connectivity index (χ0v) is 9.36. The van der Waals surface area contributed by atoms with Gasteiger partial charge in [0.1, 0.15) is 12.0 Å². The molecule has 0 amide bonds. The predicted molar refractivity (Wildman–Crippen MR) is 58.7 cm³/mol. The molecule has 1 aromatic carbocycles. The van der Waals surface area contributed by atoms with Gasteiger partial charge in [-0.15, -0.1) is 0 Å². The van der Waals surface area contributed by atoms with Gasteiger partial charge in [0, 0.05) is 0 Å². The van der Waals surface area contributed by atoms with Crippen molar-refractivity contribution in [2.75, 3.05) is 0 Å². The van der Waals surface area contributed by atoms with Gasteiger partial charge in [-0.05, 0) is 24.6 Å². The van der Waals surface area contributed by atoms with E-state index in [4.69, 9.17) is 25.9 Å². The fraction of sp³-hybridized carbons (Fsp3) is 0.182. The van der Waals surface area contributed by atoms with Crippen LogP contribution >= 0.6 is 11.6 Å². The minimum Gasteiger partial charge on any atom is -0.417 e. The van der Waals surface area contributed by atoms with E-state index in [-0.39, 0.29) is 12.7 Å². The topological polar surface area (TPSA) is 55.5 Å². The van der Waals surface area contributed by atoms with Crippen LogP contribution in [0, 0.1) is 6.92 Å². The molecule has 0 aliphatic carbocycles. The van der Waals surface area contributed by atoms with E-state index in [1.54, 1.807) is 12.1 Å². The first-order valence-electron chi connectivity index (χ1n) is 4.68. The molecule has 16 heavy (non-hydrogen) atoms. The summed E-state index contributed by atoms with van der Waals surface area (Å²) in [6.07, 6.45) is 1.40. The van der Waals surface area contributed by atoms with E-state index in [0.29, 0.717) is 16.5 Å². The van der Waals surface area contributed by atoms with E-state index >= 15 is 0 Å². The maximum atomic E-state index is 8.81. The number of rotatable bonds is 3. The molecule has 1 aromatic heterocycles. The van der Waals surface area contributed by atoms with Crippen LogP contribution < -0.4 is 4.74 Å². The monoisotopic (exact) mass is 239 g/mol. The molecule has 0 fully saturated rings. The van der Waals surface area contributed by atoms with Crippen LogP contribution in [-0.4, -0.2) is 10.1 Å². The van der Waals surface area contributed by atoms with Crippen LogP contribution in [0.3, 0.4) is 0 Å². The van der Waals surface area contributed by atoms with Gasteiger partial charge in [0.25, 0.3) is 0 Å². The van der Waals surface area contributed by atoms with Crippen molar-refractivity contribution in [3.05, 3.63) is 40.7 Å². The van der Waals surface area contributed by atoms with Crippen molar-refractivity contribution < 1.29 is 14.3 Å². The molecule has 0 saturated carbocycles. The summed E-state index contributed by atoms with van der Waals surface area (Å²) in [5, 5.41) is 9.29. The molecule has 0 spiro atoms. The lowest BCUT2D eigenvalue weighted by molar-refractivity contribution is 0.276. The Balaban J connectivity index is 2.22. The minimum atomic E-state index is -0.186. The summed E-state index contributed by atoms with van der Waals surface area (Å²) in [5.41, 5.74) is 1.44. The number of aromatic nitrogens is 1. The number of aryl methyl sites for hydroxylation is 1. The van der Waals surface area contributed by atoms with E-state index < -0.39 is 0 Å². The average Bonchev–Trinajstić information content (AvgIpc) is 2.71. The van der Waals surface area contributed by atoms with Crippen LogP contribution in [0.2, 0.25) is 5.02 Å². The van der Waals surface area contributed by atoms with Gasteiger partial charge in [-0.3, -0.25) is 0 Å². The van der Waals surface area contributed by atoms with Gasteiger partial charge in [-0.25, -0.2) is 0 Å². The highest BCUT2D eigenvalue weighted by molar-refractivity contribution is 6.32. The fourth-order valence-corrected chi connectivity index (χ4v) is 1.35. The molecule has 0 radical (unpaired) electrons. The SMILES string of the molecule is Cc1ccc(Cl)c(Oc2nc(CO)co2)c1. The van der Waals surface area contributed by atoms with Gasteiger partial charge in [0.2, 0.25) is 0 Å². The third-order valence-corrected chi connectivity index (χ3v) is 2.29. The van der Waals surface area contributed by atoms with Crippen LogP contribution in [0.1, 0.15) is 11.3 Å². The van der Waals surface area contributed by atoms with E-state index in [2.05, 4.69) is 4.98 Å². The van der Waals surface area contributed by atoms with Crippen molar-refractivity contribution in [2.24, 2.45) is 0 Å². The zero-order chi connectivity index (χ0) is 11.5. The Kier molecular flexibility index (Phi) is 3.12. The van der Waals surface area contributed by atoms with Crippen LogP contribution in [0.5, 0.6) is 11.8 Å². The standard InChI is InChI=1S/C11H10ClNO3/c1-7-2-3-9(12)10(4-7)16-11-13-8(5-14)6-15-11/h2-4,6,14H,5H2,1H3. The van der Waals surface area contributed by atoms with Crippen molar-refractivity contribution in [1.29, 1.82) is 0 Å². The van der Waals surface area contributed by atoms with Crippen LogP contribution in [0.4, 0.5) is 0 Å². The summed E-state index contributed by atoms with van der Waals surface area (Å²) in [6.45, 7) is 1.74. The first-order chi connectivity index (χ1) is 7.69. The highest BCUT2D eigenvalue weighted by Gasteiger charge is 2.08. The van der Waals surface area contributed by atoms with E-state index in [0.717, 1.165) is 5.56 Å². The number of aliphatic hydroxyl groups excluding tert-OH is 1. The quantitative estimate of drug-likeness (QED) is 0.895. The number of nitrogens with zero attached hydrogens (tertiary/aromatic N) is 1. The number of ether oxygens (including phenoxy) is 1. The Morgan fingerprint density at radius 2 is 2.31 bits per heavy atom. The molecule has 4 nitrogen and oxygen atoms in total. The van der Waals surface area contributed by atoms with E-state index in [1.807, 2.05) is 13.0 Å². The van der Waals surface area contributed by atoms with Crippen molar-refractivity contribution in [2.45, 2.75) is 13.5 Å². The van der Waals surface area contributed by atoms with Gasteiger partial charge in [-0.1, -0.05) is 17.7 Å². The summed E-state index contributed by atoms with van der Waals surface area (Å²) in [7, 11) is 0. The largest absolute Gasteiger partial charge is 0.417 e. The predicted octanol–water partition coefficient (Wildman–Crippen LogP) is 2.92. The number of benzene rings is 1. The Labute approximate surface area is 97.4 Å². The van der Waals surface area contributed by atoms with Crippen molar-refractivity contribution in [3.63, 3.8) is 0 Å². The summed E-state index contributed by atoms with van der Waals surface area (Å²) in [4.78, 5) is 3.90. The second-order valence-corrected chi connectivity index (χ2v) is 3.71. The summed E-state index contributed by atoms with van der Waals surface area (Å²) in [6, 6.07) is 5.40. The molecule has 2 rings (SSSR count). The molecule has 0 bridgehead atoms. The van der Waals surface area contributed by atoms with Crippen LogP contribution in [-0.2, 0) is 6.61 Å². The Hall–Kier alpha value is -1.52. The number of hydrogen-bond acceptors (Lipinski definition) is 4. The second kappa shape index (κ2) is 4.55. The lowest BCUT2D eigenvalue weighted by atomic mass is 10.2. The first kappa shape index (κ1) is 11.0. The maximum absolute atomic E-state index is 8.81. The number of aliphatic hydroxyl groups is 1. The smallest absolute Gasteiger partial charge is 0.399 e. The van der Waals surface area contributed by atoms with Crippen LogP contribution in [0.15, 0.2) is 28.9 Å². The lowest BCUT2D eigenvalue weighted by Crippen LogP contribution is -1.87. The summed E-state index contributed by atoms with van der Waals surface area (Å²) < 4.78 is 10.4. The number of oxazole rings is 1. The van der Waals surface area contributed by atoms with Crippen molar-refractivity contribution >= 4 is 11.6 Å². The molecular weight excluding hydrogens is 230 g/mol. The number of hydrogen-bond donors (Lipinski definition) is 1. The molecule has 1 N–H and O–H groups in total. The van der Waals surface area contributed by atoms with Crippen molar-refractivity contribution in [3.8, 4) is 11.8 Å². The van der Waals surface area contributed by atoms with Gasteiger partial charge in [0.15, 0.2) is 5.75 Å². The zero-order valence-electron chi connectivity index (χ0n) is 8.61. The second-order valence-electron chi connectivity index (χ2n) is 3.30. The molecule has 0 aliphatic rings. The summed E-state index contributed by atoms with van der Waals surface area (Å²) in [5.74, 6) is 0.480. The average molecular weight is 240 g/mol. The number of halogens is 1. The van der Waals surface area contributed by atoms with Crippen LogP contribution in [0.25, 0.3) is 0 Å². The third kappa shape index (κ3) is 2.35. The highest BCUT2D eigenvalue weighted by atomic mass is 35.5. The maximum Gasteiger partial charge on any atom is 0.399 e. The Bertz CT molecular complexity index is 496. The van der Waals surface area contributed by atoms with Gasteiger partial charge in [0.05, 0.1) is 11.6 Å². The third-order valence-electron chi connectivity index (χ3n) is 1.98. The van der Waals surface area contributed by atoms with Crippen molar-refractivity contribution in [1.82, 2.24) is 4.98 Å². The Morgan fingerprint density at radius 1 is 1.50 bits per heavy atom. The highest BCUT2D eigenvalue weighted by Crippen LogP contribution is 2.29. The molecular formula is C11H10ClNO3.